The minimum Gasteiger partial charge on any atom is -0.394 e. The van der Waals surface area contributed by atoms with Crippen molar-refractivity contribution in [2.24, 2.45) is 5.92 Å². The van der Waals surface area contributed by atoms with E-state index in [9.17, 15) is 5.11 Å². The van der Waals surface area contributed by atoms with Crippen LogP contribution in [0.5, 0.6) is 0 Å². The van der Waals surface area contributed by atoms with Crippen LogP contribution in [0.4, 0.5) is 0 Å². The van der Waals surface area contributed by atoms with E-state index in [1.165, 1.54) is 12.8 Å². The summed E-state index contributed by atoms with van der Waals surface area (Å²) in [6.45, 7) is 4.63. The second-order valence-corrected chi connectivity index (χ2v) is 5.40. The Morgan fingerprint density at radius 1 is 1.29 bits per heavy atom. The lowest BCUT2D eigenvalue weighted by atomic mass is 9.96. The molecule has 1 heterocycles. The average Bonchev–Trinajstić information content (AvgIpc) is 2.35. The first kappa shape index (κ1) is 12.9. The molecule has 1 aromatic rings. The molecule has 2 rings (SSSR count). The summed E-state index contributed by atoms with van der Waals surface area (Å²) in [6.07, 6.45) is 2.45. The quantitative estimate of drug-likeness (QED) is 0.895. The maximum absolute atomic E-state index is 9.59. The lowest BCUT2D eigenvalue weighted by Crippen LogP contribution is -2.37. The van der Waals surface area contributed by atoms with Crippen molar-refractivity contribution in [3.63, 3.8) is 0 Å². The molecule has 3 heteroatoms. The van der Waals surface area contributed by atoms with Crippen LogP contribution in [-0.2, 0) is 0 Å². The summed E-state index contributed by atoms with van der Waals surface area (Å²) in [6, 6.07) is 7.94. The molecule has 0 aliphatic carbocycles. The van der Waals surface area contributed by atoms with E-state index in [1.807, 2.05) is 24.3 Å². The number of aliphatic hydroxyl groups is 1. The van der Waals surface area contributed by atoms with Crippen molar-refractivity contribution in [2.75, 3.05) is 19.7 Å². The van der Waals surface area contributed by atoms with E-state index in [1.54, 1.807) is 0 Å². The zero-order chi connectivity index (χ0) is 12.3. The van der Waals surface area contributed by atoms with Gasteiger partial charge in [0, 0.05) is 5.02 Å². The van der Waals surface area contributed by atoms with E-state index in [2.05, 4.69) is 11.8 Å². The summed E-state index contributed by atoms with van der Waals surface area (Å²) in [4.78, 5) is 2.38. The Kier molecular flexibility index (Phi) is 4.43. The number of aliphatic hydroxyl groups excluding tert-OH is 1. The predicted octanol–water partition coefficient (Wildman–Crippen LogP) is 3.11. The maximum atomic E-state index is 9.59. The fourth-order valence-corrected chi connectivity index (χ4v) is 2.58. The van der Waals surface area contributed by atoms with E-state index < -0.39 is 0 Å². The number of halogens is 1. The van der Waals surface area contributed by atoms with Crippen LogP contribution in [0.3, 0.4) is 0 Å². The van der Waals surface area contributed by atoms with Crippen LogP contribution < -0.4 is 0 Å². The Morgan fingerprint density at radius 2 is 1.88 bits per heavy atom. The summed E-state index contributed by atoms with van der Waals surface area (Å²) < 4.78 is 0. The molecule has 1 saturated heterocycles. The van der Waals surface area contributed by atoms with Gasteiger partial charge in [0.05, 0.1) is 12.6 Å². The highest BCUT2D eigenvalue weighted by Gasteiger charge is 2.23. The SMILES string of the molecule is CC1CCN(C(CO)c2ccc(Cl)cc2)CC1. The molecule has 1 aliphatic rings. The first-order valence-corrected chi connectivity index (χ1v) is 6.69. The van der Waals surface area contributed by atoms with Gasteiger partial charge in [-0.2, -0.15) is 0 Å². The third-order valence-electron chi connectivity index (χ3n) is 3.69. The number of likely N-dealkylation sites (tertiary alicyclic amines) is 1. The van der Waals surface area contributed by atoms with Crippen LogP contribution in [0.2, 0.25) is 5.02 Å². The van der Waals surface area contributed by atoms with E-state index >= 15 is 0 Å². The van der Waals surface area contributed by atoms with Gasteiger partial charge in [-0.15, -0.1) is 0 Å². The van der Waals surface area contributed by atoms with E-state index in [0.29, 0.717) is 0 Å². The van der Waals surface area contributed by atoms with Gasteiger partial charge in [0.2, 0.25) is 0 Å². The molecule has 17 heavy (non-hydrogen) atoms. The molecule has 1 atom stereocenters. The number of benzene rings is 1. The fraction of sp³-hybridized carbons (Fsp3) is 0.571. The first-order valence-electron chi connectivity index (χ1n) is 6.31. The number of hydrogen-bond donors (Lipinski definition) is 1. The van der Waals surface area contributed by atoms with Gasteiger partial charge in [-0.3, -0.25) is 4.90 Å². The highest BCUT2D eigenvalue weighted by atomic mass is 35.5. The molecule has 2 nitrogen and oxygen atoms in total. The largest absolute Gasteiger partial charge is 0.394 e. The summed E-state index contributed by atoms with van der Waals surface area (Å²) in [7, 11) is 0. The zero-order valence-corrected chi connectivity index (χ0v) is 11.0. The van der Waals surface area contributed by atoms with Crippen molar-refractivity contribution < 1.29 is 5.11 Å². The Balaban J connectivity index is 2.08. The Labute approximate surface area is 108 Å². The molecule has 1 fully saturated rings. The second kappa shape index (κ2) is 5.85. The molecule has 1 unspecified atom stereocenters. The Bertz CT molecular complexity index is 344. The van der Waals surface area contributed by atoms with Gasteiger partial charge in [-0.25, -0.2) is 0 Å². The highest BCUT2D eigenvalue weighted by molar-refractivity contribution is 6.30. The zero-order valence-electron chi connectivity index (χ0n) is 10.3. The van der Waals surface area contributed by atoms with Gasteiger partial charge < -0.3 is 5.11 Å². The molecular weight excluding hydrogens is 234 g/mol. The smallest absolute Gasteiger partial charge is 0.0628 e. The molecule has 0 bridgehead atoms. The fourth-order valence-electron chi connectivity index (χ4n) is 2.46. The third kappa shape index (κ3) is 3.21. The number of piperidine rings is 1. The van der Waals surface area contributed by atoms with Gasteiger partial charge in [0.15, 0.2) is 0 Å². The van der Waals surface area contributed by atoms with Crippen LogP contribution in [0, 0.1) is 5.92 Å². The van der Waals surface area contributed by atoms with Crippen molar-refractivity contribution in [2.45, 2.75) is 25.8 Å². The van der Waals surface area contributed by atoms with Crippen molar-refractivity contribution >= 4 is 11.6 Å². The minimum atomic E-state index is 0.125. The van der Waals surface area contributed by atoms with Crippen molar-refractivity contribution in [3.8, 4) is 0 Å². The van der Waals surface area contributed by atoms with Crippen molar-refractivity contribution in [1.29, 1.82) is 0 Å². The molecule has 0 radical (unpaired) electrons. The number of rotatable bonds is 3. The highest BCUT2D eigenvalue weighted by Crippen LogP contribution is 2.27. The van der Waals surface area contributed by atoms with Crippen LogP contribution in [-0.4, -0.2) is 29.7 Å². The molecular formula is C14H20ClNO. The van der Waals surface area contributed by atoms with E-state index in [4.69, 9.17) is 11.6 Å². The second-order valence-electron chi connectivity index (χ2n) is 4.97. The lowest BCUT2D eigenvalue weighted by Gasteiger charge is -2.36. The molecule has 0 saturated carbocycles. The lowest BCUT2D eigenvalue weighted by molar-refractivity contribution is 0.0897. The summed E-state index contributed by atoms with van der Waals surface area (Å²) in [5.74, 6) is 0.816. The van der Waals surface area contributed by atoms with E-state index in [0.717, 1.165) is 29.6 Å². The average molecular weight is 254 g/mol. The van der Waals surface area contributed by atoms with Gasteiger partial charge in [-0.05, 0) is 49.5 Å². The molecule has 1 aromatic carbocycles. The molecule has 0 amide bonds. The molecule has 94 valence electrons. The van der Waals surface area contributed by atoms with Crippen LogP contribution in [0.1, 0.15) is 31.4 Å². The standard InChI is InChI=1S/C14H20ClNO/c1-11-6-8-16(9-7-11)14(10-17)12-2-4-13(15)5-3-12/h2-5,11,14,17H,6-10H2,1H3. The topological polar surface area (TPSA) is 23.5 Å². The Morgan fingerprint density at radius 3 is 2.41 bits per heavy atom. The minimum absolute atomic E-state index is 0.125. The summed E-state index contributed by atoms with van der Waals surface area (Å²) in [5, 5.41) is 10.3. The van der Waals surface area contributed by atoms with Gasteiger partial charge >= 0.3 is 0 Å². The van der Waals surface area contributed by atoms with Crippen molar-refractivity contribution in [1.82, 2.24) is 4.90 Å². The Hall–Kier alpha value is -0.570. The first-order chi connectivity index (χ1) is 8.20. The molecule has 1 aliphatic heterocycles. The predicted molar refractivity (Wildman–Crippen MR) is 71.2 cm³/mol. The summed E-state index contributed by atoms with van der Waals surface area (Å²) in [5.41, 5.74) is 1.16. The van der Waals surface area contributed by atoms with Crippen LogP contribution >= 0.6 is 11.6 Å². The summed E-state index contributed by atoms with van der Waals surface area (Å²) >= 11 is 5.89. The van der Waals surface area contributed by atoms with Gasteiger partial charge in [-0.1, -0.05) is 30.7 Å². The van der Waals surface area contributed by atoms with Gasteiger partial charge in [0.1, 0.15) is 0 Å². The molecule has 0 aromatic heterocycles. The van der Waals surface area contributed by atoms with Crippen LogP contribution in [0.15, 0.2) is 24.3 Å². The normalized spacial score (nSPS) is 20.4. The van der Waals surface area contributed by atoms with Crippen molar-refractivity contribution in [3.05, 3.63) is 34.9 Å². The van der Waals surface area contributed by atoms with Gasteiger partial charge in [0.25, 0.3) is 0 Å². The van der Waals surface area contributed by atoms with E-state index in [-0.39, 0.29) is 12.6 Å². The number of nitrogens with zero attached hydrogens (tertiary/aromatic N) is 1. The number of hydrogen-bond acceptors (Lipinski definition) is 2. The third-order valence-corrected chi connectivity index (χ3v) is 3.94. The van der Waals surface area contributed by atoms with Crippen LogP contribution in [0.25, 0.3) is 0 Å². The monoisotopic (exact) mass is 253 g/mol. The maximum Gasteiger partial charge on any atom is 0.0628 e. The molecule has 0 spiro atoms. The molecule has 1 N–H and O–H groups in total.